The van der Waals surface area contributed by atoms with Gasteiger partial charge in [0.1, 0.15) is 17.1 Å². The molecule has 0 spiro atoms. The van der Waals surface area contributed by atoms with Crippen molar-refractivity contribution in [2.24, 2.45) is 7.05 Å². The molecule has 0 fully saturated rings. The van der Waals surface area contributed by atoms with Crippen LogP contribution in [0.15, 0.2) is 55.0 Å². The predicted molar refractivity (Wildman–Crippen MR) is 95.9 cm³/mol. The minimum absolute atomic E-state index is 0.142. The zero-order valence-electron chi connectivity index (χ0n) is 14.6. The van der Waals surface area contributed by atoms with E-state index in [0.717, 1.165) is 17.1 Å². The first-order valence-electron chi connectivity index (χ1n) is 8.23. The Morgan fingerprint density at radius 2 is 1.88 bits per heavy atom. The Kier molecular flexibility index (Phi) is 4.88. The summed E-state index contributed by atoms with van der Waals surface area (Å²) in [6.07, 6.45) is 5.51. The van der Waals surface area contributed by atoms with Gasteiger partial charge in [-0.3, -0.25) is 9.48 Å². The minimum Gasteiger partial charge on any atom is -0.491 e. The Labute approximate surface area is 147 Å². The molecule has 0 aliphatic rings. The fraction of sp³-hybridized carbons (Fsp3) is 0.263. The van der Waals surface area contributed by atoms with Crippen molar-refractivity contribution in [1.82, 2.24) is 19.7 Å². The molecular formula is C19H22N4O2. The summed E-state index contributed by atoms with van der Waals surface area (Å²) in [7, 11) is 1.82. The lowest BCUT2D eigenvalue weighted by Crippen LogP contribution is -2.24. The molecule has 3 rings (SSSR count). The molecule has 6 heteroatoms. The van der Waals surface area contributed by atoms with E-state index in [1.807, 2.05) is 74.3 Å². The summed E-state index contributed by atoms with van der Waals surface area (Å²) in [5.41, 5.74) is 1.55. The van der Waals surface area contributed by atoms with E-state index in [4.69, 9.17) is 4.74 Å². The van der Waals surface area contributed by atoms with Gasteiger partial charge in [-0.25, -0.2) is 0 Å². The third-order valence-corrected chi connectivity index (χ3v) is 3.75. The summed E-state index contributed by atoms with van der Waals surface area (Å²) in [4.78, 5) is 12.6. The molecule has 0 unspecified atom stereocenters. The lowest BCUT2D eigenvalue weighted by molar-refractivity contribution is 0.0951. The number of nitrogens with one attached hydrogen (secondary N) is 1. The van der Waals surface area contributed by atoms with E-state index in [-0.39, 0.29) is 12.0 Å². The van der Waals surface area contributed by atoms with Crippen molar-refractivity contribution < 1.29 is 9.53 Å². The van der Waals surface area contributed by atoms with Crippen LogP contribution in [0.4, 0.5) is 0 Å². The van der Waals surface area contributed by atoms with Gasteiger partial charge in [0.15, 0.2) is 0 Å². The van der Waals surface area contributed by atoms with Gasteiger partial charge in [0.05, 0.1) is 12.3 Å². The van der Waals surface area contributed by atoms with E-state index in [9.17, 15) is 4.79 Å². The molecule has 6 nitrogen and oxygen atoms in total. The van der Waals surface area contributed by atoms with Gasteiger partial charge in [-0.05, 0) is 43.7 Å². The van der Waals surface area contributed by atoms with Crippen molar-refractivity contribution in [3.05, 3.63) is 66.1 Å². The average molecular weight is 338 g/mol. The number of aromatic nitrogens is 3. The zero-order valence-corrected chi connectivity index (χ0v) is 14.6. The summed E-state index contributed by atoms with van der Waals surface area (Å²) >= 11 is 0. The second-order valence-corrected chi connectivity index (χ2v) is 6.09. The van der Waals surface area contributed by atoms with E-state index < -0.39 is 0 Å². The molecule has 1 amide bonds. The molecule has 1 aromatic carbocycles. The topological polar surface area (TPSA) is 61.1 Å². The Morgan fingerprint density at radius 3 is 2.52 bits per heavy atom. The van der Waals surface area contributed by atoms with Crippen LogP contribution in [0.3, 0.4) is 0 Å². The van der Waals surface area contributed by atoms with Crippen LogP contribution in [0.5, 0.6) is 5.75 Å². The Bertz CT molecular complexity index is 833. The number of aryl methyl sites for hydroxylation is 1. The van der Waals surface area contributed by atoms with Crippen LogP contribution in [-0.4, -0.2) is 26.4 Å². The highest BCUT2D eigenvalue weighted by molar-refractivity contribution is 5.97. The van der Waals surface area contributed by atoms with Gasteiger partial charge >= 0.3 is 0 Å². The number of hydrogen-bond donors (Lipinski definition) is 1. The molecule has 0 atom stereocenters. The number of benzene rings is 1. The maximum absolute atomic E-state index is 12.6. The first kappa shape index (κ1) is 16.8. The van der Waals surface area contributed by atoms with E-state index in [0.29, 0.717) is 12.1 Å². The van der Waals surface area contributed by atoms with Gasteiger partial charge in [0, 0.05) is 26.0 Å². The highest BCUT2D eigenvalue weighted by Gasteiger charge is 2.17. The monoisotopic (exact) mass is 338 g/mol. The number of hydrogen-bond acceptors (Lipinski definition) is 3. The largest absolute Gasteiger partial charge is 0.491 e. The normalized spacial score (nSPS) is 10.9. The SMILES string of the molecule is CC(C)Oc1ccc(CNC(=O)c2cnn(C)c2-n2cccc2)cc1. The van der Waals surface area contributed by atoms with Crippen molar-refractivity contribution in [3.8, 4) is 11.6 Å². The van der Waals surface area contributed by atoms with Gasteiger partial charge in [-0.15, -0.1) is 0 Å². The highest BCUT2D eigenvalue weighted by atomic mass is 16.5. The van der Waals surface area contributed by atoms with Crippen molar-refractivity contribution in [2.75, 3.05) is 0 Å². The molecule has 0 aliphatic carbocycles. The van der Waals surface area contributed by atoms with Crippen molar-refractivity contribution in [2.45, 2.75) is 26.5 Å². The number of nitrogens with zero attached hydrogens (tertiary/aromatic N) is 3. The maximum Gasteiger partial charge on any atom is 0.256 e. The van der Waals surface area contributed by atoms with Crippen molar-refractivity contribution in [3.63, 3.8) is 0 Å². The van der Waals surface area contributed by atoms with E-state index >= 15 is 0 Å². The first-order chi connectivity index (χ1) is 12.0. The molecular weight excluding hydrogens is 316 g/mol. The third-order valence-electron chi connectivity index (χ3n) is 3.75. The van der Waals surface area contributed by atoms with Gasteiger partial charge in [-0.1, -0.05) is 12.1 Å². The van der Waals surface area contributed by atoms with Crippen molar-refractivity contribution in [1.29, 1.82) is 0 Å². The van der Waals surface area contributed by atoms with Crippen LogP contribution in [0.2, 0.25) is 0 Å². The van der Waals surface area contributed by atoms with Crippen LogP contribution >= 0.6 is 0 Å². The second kappa shape index (κ2) is 7.25. The van der Waals surface area contributed by atoms with Gasteiger partial charge in [0.2, 0.25) is 0 Å². The summed E-state index contributed by atoms with van der Waals surface area (Å²) in [5.74, 6) is 1.41. The Hall–Kier alpha value is -3.02. The molecule has 25 heavy (non-hydrogen) atoms. The zero-order chi connectivity index (χ0) is 17.8. The first-order valence-corrected chi connectivity index (χ1v) is 8.23. The molecule has 0 saturated heterocycles. The van der Waals surface area contributed by atoms with E-state index in [1.165, 1.54) is 0 Å². The molecule has 3 aromatic rings. The number of rotatable bonds is 6. The fourth-order valence-electron chi connectivity index (χ4n) is 2.61. The minimum atomic E-state index is -0.153. The molecule has 0 aliphatic heterocycles. The average Bonchev–Trinajstić information content (AvgIpc) is 3.22. The van der Waals surface area contributed by atoms with Crippen LogP contribution < -0.4 is 10.1 Å². The molecule has 2 aromatic heterocycles. The molecule has 130 valence electrons. The molecule has 0 radical (unpaired) electrons. The number of amides is 1. The second-order valence-electron chi connectivity index (χ2n) is 6.09. The number of ether oxygens (including phenoxy) is 1. The van der Waals surface area contributed by atoms with Gasteiger partial charge < -0.3 is 14.6 Å². The van der Waals surface area contributed by atoms with E-state index in [1.54, 1.807) is 10.9 Å². The van der Waals surface area contributed by atoms with Crippen LogP contribution in [0.1, 0.15) is 29.8 Å². The molecule has 2 heterocycles. The lowest BCUT2D eigenvalue weighted by Gasteiger charge is -2.11. The van der Waals surface area contributed by atoms with Gasteiger partial charge in [0.25, 0.3) is 5.91 Å². The van der Waals surface area contributed by atoms with Crippen LogP contribution in [-0.2, 0) is 13.6 Å². The summed E-state index contributed by atoms with van der Waals surface area (Å²) in [5, 5.41) is 7.15. The van der Waals surface area contributed by atoms with E-state index in [2.05, 4.69) is 10.4 Å². The van der Waals surface area contributed by atoms with Crippen molar-refractivity contribution >= 4 is 5.91 Å². The smallest absolute Gasteiger partial charge is 0.256 e. The quantitative estimate of drug-likeness (QED) is 0.752. The Morgan fingerprint density at radius 1 is 1.20 bits per heavy atom. The number of carbonyl (C=O) groups excluding carboxylic acids is 1. The Balaban J connectivity index is 1.68. The van der Waals surface area contributed by atoms with Crippen LogP contribution in [0.25, 0.3) is 5.82 Å². The third kappa shape index (κ3) is 3.91. The predicted octanol–water partition coefficient (Wildman–Crippen LogP) is 2.93. The molecule has 1 N–H and O–H groups in total. The lowest BCUT2D eigenvalue weighted by atomic mass is 10.2. The summed E-state index contributed by atoms with van der Waals surface area (Å²) in [6.45, 7) is 4.43. The van der Waals surface area contributed by atoms with Crippen LogP contribution in [0, 0.1) is 0 Å². The molecule has 0 saturated carbocycles. The van der Waals surface area contributed by atoms with Gasteiger partial charge in [-0.2, -0.15) is 5.10 Å². The molecule has 0 bridgehead atoms. The number of carbonyl (C=O) groups is 1. The maximum atomic E-state index is 12.6. The summed E-state index contributed by atoms with van der Waals surface area (Å²) in [6, 6.07) is 11.6. The standard InChI is InChI=1S/C19H22N4O2/c1-14(2)25-16-8-6-15(7-9-16)12-20-18(24)17-13-21-22(3)19(17)23-10-4-5-11-23/h4-11,13-14H,12H2,1-3H3,(H,20,24). The highest BCUT2D eigenvalue weighted by Crippen LogP contribution is 2.16. The fourth-order valence-corrected chi connectivity index (χ4v) is 2.61. The summed E-state index contributed by atoms with van der Waals surface area (Å²) < 4.78 is 9.19.